The van der Waals surface area contributed by atoms with Crippen molar-refractivity contribution in [1.82, 2.24) is 19.9 Å². The second kappa shape index (κ2) is 11.3. The van der Waals surface area contributed by atoms with Crippen LogP contribution in [0.3, 0.4) is 0 Å². The lowest BCUT2D eigenvalue weighted by Crippen LogP contribution is -2.39. The number of halogens is 1. The maximum absolute atomic E-state index is 13.8. The highest BCUT2D eigenvalue weighted by Gasteiger charge is 2.35. The number of nitrogens with one attached hydrogen (secondary N) is 2. The molecule has 1 aliphatic heterocycles. The summed E-state index contributed by atoms with van der Waals surface area (Å²) in [6.45, 7) is 1.77. The average molecular weight is 642 g/mol. The highest BCUT2D eigenvalue weighted by atomic mass is 32.2. The van der Waals surface area contributed by atoms with Gasteiger partial charge in [-0.15, -0.1) is 0 Å². The molecule has 230 valence electrons. The predicted molar refractivity (Wildman–Crippen MR) is 161 cm³/mol. The van der Waals surface area contributed by atoms with Gasteiger partial charge in [0, 0.05) is 37.2 Å². The van der Waals surface area contributed by atoms with Gasteiger partial charge in [-0.2, -0.15) is 4.31 Å². The fourth-order valence-electron chi connectivity index (χ4n) is 5.52. The first-order chi connectivity index (χ1) is 21.0. The van der Waals surface area contributed by atoms with Gasteiger partial charge < -0.3 is 9.73 Å². The lowest BCUT2D eigenvalue weighted by molar-refractivity contribution is 0.0964. The van der Waals surface area contributed by atoms with Crippen LogP contribution >= 0.6 is 0 Å². The second-order valence-electron chi connectivity index (χ2n) is 10.4. The van der Waals surface area contributed by atoms with E-state index in [0.717, 1.165) is 0 Å². The Morgan fingerprint density at radius 2 is 1.86 bits per heavy atom. The summed E-state index contributed by atoms with van der Waals surface area (Å²) in [5.74, 6) is -1.39. The molecule has 0 saturated carbocycles. The molecule has 1 saturated heterocycles. The molecule has 1 atom stereocenters. The quantitative estimate of drug-likeness (QED) is 0.249. The monoisotopic (exact) mass is 641 g/mol. The van der Waals surface area contributed by atoms with Crippen LogP contribution in [0, 0.1) is 5.82 Å². The van der Waals surface area contributed by atoms with Crippen LogP contribution in [-0.4, -0.2) is 63.3 Å². The molecule has 2 aromatic heterocycles. The fourth-order valence-corrected chi connectivity index (χ4v) is 7.84. The van der Waals surface area contributed by atoms with Gasteiger partial charge in [-0.25, -0.2) is 25.9 Å². The summed E-state index contributed by atoms with van der Waals surface area (Å²) in [7, 11) is -6.33. The van der Waals surface area contributed by atoms with E-state index in [2.05, 4.69) is 20.4 Å². The minimum atomic E-state index is -4.04. The summed E-state index contributed by atoms with van der Waals surface area (Å²) in [6.07, 6.45) is 1.04. The molecule has 1 fully saturated rings. The zero-order valence-corrected chi connectivity index (χ0v) is 25.3. The van der Waals surface area contributed by atoms with E-state index in [-0.39, 0.29) is 51.8 Å². The Morgan fingerprint density at radius 1 is 1.09 bits per heavy atom. The van der Waals surface area contributed by atoms with Crippen molar-refractivity contribution in [2.45, 2.75) is 30.6 Å². The van der Waals surface area contributed by atoms with Crippen LogP contribution in [0.5, 0.6) is 0 Å². The van der Waals surface area contributed by atoms with Gasteiger partial charge in [0.1, 0.15) is 27.6 Å². The molecule has 6 rings (SSSR count). The van der Waals surface area contributed by atoms with Crippen molar-refractivity contribution in [3.05, 3.63) is 71.5 Å². The molecular formula is C29H28FN5O7S2. The largest absolute Gasteiger partial charge is 0.455 e. The molecule has 3 aromatic carbocycles. The standard InChI is InChI=1S/C29H28FN5O7S2/c1-3-43(37,38)34-23-15-24-21(26(29(36)31-2)28(41-24)17-9-11-19(30)12-10-17)14-20(23)18-6-5-13-35(16-18)44(39,40)25-8-4-7-22-27(25)33-42-32-22/h4,7-12,14-15,18,34H,3,5-6,13,16H2,1-2H3,(H,31,36)/t18-/m1/s1. The number of aromatic nitrogens is 2. The number of sulfonamides is 2. The van der Waals surface area contributed by atoms with Crippen molar-refractivity contribution >= 4 is 53.6 Å². The zero-order valence-electron chi connectivity index (χ0n) is 23.7. The minimum Gasteiger partial charge on any atom is -0.455 e. The molecule has 44 heavy (non-hydrogen) atoms. The number of piperidine rings is 1. The van der Waals surface area contributed by atoms with Crippen LogP contribution in [0.25, 0.3) is 33.3 Å². The SMILES string of the molecule is CCS(=O)(=O)Nc1cc2oc(-c3ccc(F)cc3)c(C(=O)NC)c2cc1[C@@H]1CCCN(S(=O)(=O)c2cccc3nonc23)C1. The molecule has 15 heteroatoms. The van der Waals surface area contributed by atoms with Gasteiger partial charge in [0.05, 0.1) is 17.0 Å². The number of furan rings is 1. The van der Waals surface area contributed by atoms with Crippen molar-refractivity contribution in [1.29, 1.82) is 0 Å². The van der Waals surface area contributed by atoms with Gasteiger partial charge in [0.15, 0.2) is 5.52 Å². The van der Waals surface area contributed by atoms with E-state index in [1.165, 1.54) is 54.7 Å². The molecule has 0 unspecified atom stereocenters. The Hall–Kier alpha value is -4.34. The van der Waals surface area contributed by atoms with E-state index in [9.17, 15) is 26.0 Å². The van der Waals surface area contributed by atoms with Crippen LogP contribution < -0.4 is 10.0 Å². The second-order valence-corrected chi connectivity index (χ2v) is 14.3. The number of hydrogen-bond acceptors (Lipinski definition) is 9. The number of amides is 1. The zero-order chi connectivity index (χ0) is 31.2. The summed E-state index contributed by atoms with van der Waals surface area (Å²) in [5.41, 5.74) is 2.01. The average Bonchev–Trinajstić information content (AvgIpc) is 3.65. The number of hydrogen-bond donors (Lipinski definition) is 2. The lowest BCUT2D eigenvalue weighted by Gasteiger charge is -2.33. The minimum absolute atomic E-state index is 0.0361. The number of benzene rings is 3. The summed E-state index contributed by atoms with van der Waals surface area (Å²) < 4.78 is 81.7. The summed E-state index contributed by atoms with van der Waals surface area (Å²) in [6, 6.07) is 13.2. The summed E-state index contributed by atoms with van der Waals surface area (Å²) in [5, 5.41) is 10.5. The van der Waals surface area contributed by atoms with E-state index in [1.54, 1.807) is 18.2 Å². The van der Waals surface area contributed by atoms with Gasteiger partial charge in [-0.3, -0.25) is 9.52 Å². The van der Waals surface area contributed by atoms with Crippen LogP contribution in [0.2, 0.25) is 0 Å². The molecule has 12 nitrogen and oxygen atoms in total. The summed E-state index contributed by atoms with van der Waals surface area (Å²) >= 11 is 0. The van der Waals surface area contributed by atoms with Crippen molar-refractivity contribution in [3.8, 4) is 11.3 Å². The van der Waals surface area contributed by atoms with Crippen molar-refractivity contribution in [2.75, 3.05) is 30.6 Å². The van der Waals surface area contributed by atoms with Crippen LogP contribution in [0.15, 0.2) is 68.5 Å². The fraction of sp³-hybridized carbons (Fsp3) is 0.276. The molecule has 1 aliphatic rings. The third-order valence-electron chi connectivity index (χ3n) is 7.76. The predicted octanol–water partition coefficient (Wildman–Crippen LogP) is 4.46. The molecule has 0 spiro atoms. The van der Waals surface area contributed by atoms with Crippen molar-refractivity contribution in [3.63, 3.8) is 0 Å². The first-order valence-electron chi connectivity index (χ1n) is 13.8. The van der Waals surface area contributed by atoms with Gasteiger partial charge >= 0.3 is 0 Å². The molecule has 1 amide bonds. The smallest absolute Gasteiger partial charge is 0.255 e. The molecule has 0 radical (unpaired) electrons. The number of fused-ring (bicyclic) bond motifs is 2. The van der Waals surface area contributed by atoms with E-state index in [1.807, 2.05) is 0 Å². The molecule has 3 heterocycles. The van der Waals surface area contributed by atoms with E-state index in [0.29, 0.717) is 34.9 Å². The van der Waals surface area contributed by atoms with Crippen LogP contribution in [0.4, 0.5) is 10.1 Å². The van der Waals surface area contributed by atoms with Gasteiger partial charge in [0.25, 0.3) is 5.91 Å². The Bertz CT molecular complexity index is 2110. The number of nitrogens with zero attached hydrogens (tertiary/aromatic N) is 3. The lowest BCUT2D eigenvalue weighted by atomic mass is 9.89. The topological polar surface area (TPSA) is 165 Å². The van der Waals surface area contributed by atoms with E-state index < -0.39 is 37.7 Å². The van der Waals surface area contributed by atoms with E-state index in [4.69, 9.17) is 9.05 Å². The maximum Gasteiger partial charge on any atom is 0.255 e. The first kappa shape index (κ1) is 29.7. The molecule has 0 bridgehead atoms. The normalized spacial score (nSPS) is 16.4. The maximum atomic E-state index is 13.8. The molecular weight excluding hydrogens is 613 g/mol. The molecule has 2 N–H and O–H groups in total. The first-order valence-corrected chi connectivity index (χ1v) is 16.9. The third-order valence-corrected chi connectivity index (χ3v) is 10.9. The van der Waals surface area contributed by atoms with Gasteiger partial charge in [0.2, 0.25) is 20.0 Å². The molecule has 5 aromatic rings. The van der Waals surface area contributed by atoms with Crippen molar-refractivity contribution < 1.29 is 35.1 Å². The number of anilines is 1. The number of rotatable bonds is 8. The van der Waals surface area contributed by atoms with Gasteiger partial charge in [-0.1, -0.05) is 6.07 Å². The Kier molecular flexibility index (Phi) is 7.63. The number of carbonyl (C=O) groups excluding carboxylic acids is 1. The highest BCUT2D eigenvalue weighted by Crippen LogP contribution is 2.41. The van der Waals surface area contributed by atoms with Crippen LogP contribution in [0.1, 0.15) is 41.6 Å². The molecule has 0 aliphatic carbocycles. The Morgan fingerprint density at radius 3 is 2.59 bits per heavy atom. The third kappa shape index (κ3) is 5.31. The Balaban J connectivity index is 1.49. The van der Waals surface area contributed by atoms with Gasteiger partial charge in [-0.05, 0) is 84.0 Å². The van der Waals surface area contributed by atoms with Crippen molar-refractivity contribution in [2.24, 2.45) is 0 Å². The van der Waals surface area contributed by atoms with Crippen LogP contribution in [-0.2, 0) is 20.0 Å². The highest BCUT2D eigenvalue weighted by molar-refractivity contribution is 7.92. The Labute approximate surface area is 252 Å². The number of carbonyl (C=O) groups is 1. The van der Waals surface area contributed by atoms with E-state index >= 15 is 0 Å². The summed E-state index contributed by atoms with van der Waals surface area (Å²) in [4.78, 5) is 13.1.